The molecule has 2 aromatic rings. The second kappa shape index (κ2) is 4.24. The van der Waals surface area contributed by atoms with Gasteiger partial charge in [-0.1, -0.05) is 11.3 Å². The molecule has 3 rings (SSSR count). The molecule has 0 unspecified atom stereocenters. The smallest absolute Gasteiger partial charge is 0.254 e. The molecule has 1 aliphatic carbocycles. The first-order chi connectivity index (χ1) is 8.69. The van der Waals surface area contributed by atoms with Crippen molar-refractivity contribution < 1.29 is 4.79 Å². The van der Waals surface area contributed by atoms with Gasteiger partial charge in [-0.3, -0.25) is 4.79 Å². The van der Waals surface area contributed by atoms with Gasteiger partial charge in [0.2, 0.25) is 0 Å². The lowest BCUT2D eigenvalue weighted by Gasteiger charge is -2.20. The van der Waals surface area contributed by atoms with Gasteiger partial charge in [0, 0.05) is 18.2 Å². The summed E-state index contributed by atoms with van der Waals surface area (Å²) in [5, 5.41) is 0.545. The number of nitrogen functional groups attached to an aromatic ring is 1. The highest BCUT2D eigenvalue weighted by molar-refractivity contribution is 7.22. The summed E-state index contributed by atoms with van der Waals surface area (Å²) >= 11 is 1.42. The van der Waals surface area contributed by atoms with E-state index in [1.165, 1.54) is 11.3 Å². The molecule has 0 radical (unpaired) electrons. The van der Waals surface area contributed by atoms with Crippen LogP contribution in [0.1, 0.15) is 30.1 Å². The summed E-state index contributed by atoms with van der Waals surface area (Å²) in [6, 6.07) is 6.06. The van der Waals surface area contributed by atoms with Crippen LogP contribution in [0.5, 0.6) is 0 Å². The van der Waals surface area contributed by atoms with Crippen LogP contribution in [-0.2, 0) is 0 Å². The van der Waals surface area contributed by atoms with E-state index in [4.69, 9.17) is 5.73 Å². The maximum atomic E-state index is 12.4. The third-order valence-corrected chi connectivity index (χ3v) is 4.09. The molecule has 0 saturated heterocycles. The van der Waals surface area contributed by atoms with Gasteiger partial charge < -0.3 is 10.6 Å². The molecule has 1 aromatic heterocycles. The molecule has 2 N–H and O–H groups in total. The first-order valence-corrected chi connectivity index (χ1v) is 6.97. The van der Waals surface area contributed by atoms with Crippen molar-refractivity contribution in [2.75, 3.05) is 12.3 Å². The summed E-state index contributed by atoms with van der Waals surface area (Å²) in [6.07, 6.45) is 2.27. The minimum Gasteiger partial charge on any atom is -0.375 e. The fourth-order valence-corrected chi connectivity index (χ4v) is 2.97. The Morgan fingerprint density at radius 3 is 3.00 bits per heavy atom. The molecule has 1 heterocycles. The number of hydrogen-bond donors (Lipinski definition) is 1. The highest BCUT2D eigenvalue weighted by atomic mass is 32.1. The molecule has 0 atom stereocenters. The van der Waals surface area contributed by atoms with Crippen molar-refractivity contribution in [3.63, 3.8) is 0 Å². The van der Waals surface area contributed by atoms with Gasteiger partial charge in [0.15, 0.2) is 5.13 Å². The zero-order valence-electron chi connectivity index (χ0n) is 10.2. The summed E-state index contributed by atoms with van der Waals surface area (Å²) in [6.45, 7) is 2.80. The molecule has 94 valence electrons. The van der Waals surface area contributed by atoms with Crippen molar-refractivity contribution in [3.8, 4) is 0 Å². The van der Waals surface area contributed by atoms with Crippen molar-refractivity contribution in [1.82, 2.24) is 9.88 Å². The van der Waals surface area contributed by atoms with Gasteiger partial charge in [-0.05, 0) is 38.0 Å². The lowest BCUT2D eigenvalue weighted by molar-refractivity contribution is 0.0753. The number of rotatable bonds is 3. The molecule has 4 nitrogen and oxygen atoms in total. The fraction of sp³-hybridized carbons (Fsp3) is 0.385. The van der Waals surface area contributed by atoms with Gasteiger partial charge in [0.1, 0.15) is 0 Å². The normalized spacial score (nSPS) is 14.9. The van der Waals surface area contributed by atoms with Crippen molar-refractivity contribution >= 4 is 32.6 Å². The summed E-state index contributed by atoms with van der Waals surface area (Å²) in [4.78, 5) is 18.5. The van der Waals surface area contributed by atoms with Crippen molar-refractivity contribution in [1.29, 1.82) is 0 Å². The standard InChI is InChI=1S/C13H15N3OS/c1-2-16(9-4-5-9)12(17)8-3-6-10-11(7-8)18-13(14)15-10/h3,6-7,9H,2,4-5H2,1H3,(H2,14,15). The summed E-state index contributed by atoms with van der Waals surface area (Å²) in [5.74, 6) is 0.119. The monoisotopic (exact) mass is 261 g/mol. The van der Waals surface area contributed by atoms with Gasteiger partial charge in [-0.15, -0.1) is 0 Å². The lowest BCUT2D eigenvalue weighted by Crippen LogP contribution is -2.32. The van der Waals surface area contributed by atoms with Gasteiger partial charge in [-0.2, -0.15) is 0 Å². The van der Waals surface area contributed by atoms with Crippen LogP contribution in [0, 0.1) is 0 Å². The SMILES string of the molecule is CCN(C(=O)c1ccc2nc(N)sc2c1)C1CC1. The molecule has 0 aliphatic heterocycles. The van der Waals surface area contributed by atoms with E-state index >= 15 is 0 Å². The Morgan fingerprint density at radius 1 is 1.56 bits per heavy atom. The number of hydrogen-bond acceptors (Lipinski definition) is 4. The first kappa shape index (κ1) is 11.5. The zero-order chi connectivity index (χ0) is 12.7. The topological polar surface area (TPSA) is 59.2 Å². The Kier molecular flexibility index (Phi) is 2.70. The second-order valence-corrected chi connectivity index (χ2v) is 5.62. The van der Waals surface area contributed by atoms with Gasteiger partial charge in [0.25, 0.3) is 5.91 Å². The van der Waals surface area contributed by atoms with Crippen LogP contribution in [0.2, 0.25) is 0 Å². The van der Waals surface area contributed by atoms with E-state index in [1.807, 2.05) is 30.0 Å². The molecule has 0 bridgehead atoms. The number of nitrogens with zero attached hydrogens (tertiary/aromatic N) is 2. The van der Waals surface area contributed by atoms with E-state index < -0.39 is 0 Å². The zero-order valence-corrected chi connectivity index (χ0v) is 11.0. The maximum absolute atomic E-state index is 12.4. The summed E-state index contributed by atoms with van der Waals surface area (Å²) in [5.41, 5.74) is 7.27. The average Bonchev–Trinajstić information content (AvgIpc) is 3.10. The minimum atomic E-state index is 0.119. The van der Waals surface area contributed by atoms with Crippen molar-refractivity contribution in [2.45, 2.75) is 25.8 Å². The van der Waals surface area contributed by atoms with E-state index in [0.717, 1.165) is 35.2 Å². The van der Waals surface area contributed by atoms with Gasteiger partial charge in [-0.25, -0.2) is 4.98 Å². The molecule has 1 aromatic carbocycles. The Hall–Kier alpha value is -1.62. The quantitative estimate of drug-likeness (QED) is 0.923. The summed E-state index contributed by atoms with van der Waals surface area (Å²) in [7, 11) is 0. The highest BCUT2D eigenvalue weighted by Gasteiger charge is 2.31. The average molecular weight is 261 g/mol. The summed E-state index contributed by atoms with van der Waals surface area (Å²) < 4.78 is 0.977. The second-order valence-electron chi connectivity index (χ2n) is 4.56. The Balaban J connectivity index is 1.95. The number of benzene rings is 1. The number of aromatic nitrogens is 1. The van der Waals surface area contributed by atoms with Gasteiger partial charge in [0.05, 0.1) is 10.2 Å². The van der Waals surface area contributed by atoms with Crippen LogP contribution in [0.4, 0.5) is 5.13 Å². The predicted octanol–water partition coefficient (Wildman–Crippen LogP) is 2.50. The van der Waals surface area contributed by atoms with E-state index in [9.17, 15) is 4.79 Å². The van der Waals surface area contributed by atoms with Crippen LogP contribution in [0.15, 0.2) is 18.2 Å². The Labute approximate surface area is 109 Å². The molecule has 5 heteroatoms. The molecule has 18 heavy (non-hydrogen) atoms. The predicted molar refractivity (Wildman–Crippen MR) is 73.8 cm³/mol. The molecular formula is C13H15N3OS. The van der Waals surface area contributed by atoms with E-state index in [-0.39, 0.29) is 5.91 Å². The minimum absolute atomic E-state index is 0.119. The van der Waals surface area contributed by atoms with Crippen LogP contribution in [-0.4, -0.2) is 28.4 Å². The number of fused-ring (bicyclic) bond motifs is 1. The maximum Gasteiger partial charge on any atom is 0.254 e. The van der Waals surface area contributed by atoms with E-state index in [0.29, 0.717) is 11.2 Å². The van der Waals surface area contributed by atoms with E-state index in [1.54, 1.807) is 0 Å². The molecular weight excluding hydrogens is 246 g/mol. The molecule has 1 amide bonds. The van der Waals surface area contributed by atoms with Crippen LogP contribution in [0.3, 0.4) is 0 Å². The number of nitrogens with two attached hydrogens (primary N) is 1. The molecule has 1 aliphatic rings. The first-order valence-electron chi connectivity index (χ1n) is 6.16. The largest absolute Gasteiger partial charge is 0.375 e. The van der Waals surface area contributed by atoms with Crippen LogP contribution < -0.4 is 5.73 Å². The number of amides is 1. The van der Waals surface area contributed by atoms with Gasteiger partial charge >= 0.3 is 0 Å². The Bertz CT molecular complexity index is 603. The van der Waals surface area contributed by atoms with E-state index in [2.05, 4.69) is 4.98 Å². The third-order valence-electron chi connectivity index (χ3n) is 3.24. The molecule has 1 fully saturated rings. The number of anilines is 1. The highest BCUT2D eigenvalue weighted by Crippen LogP contribution is 2.29. The van der Waals surface area contributed by atoms with Crippen LogP contribution in [0.25, 0.3) is 10.2 Å². The molecule has 1 saturated carbocycles. The Morgan fingerprint density at radius 2 is 2.33 bits per heavy atom. The number of carbonyl (C=O) groups is 1. The fourth-order valence-electron chi connectivity index (χ4n) is 2.20. The third kappa shape index (κ3) is 1.95. The lowest BCUT2D eigenvalue weighted by atomic mass is 10.2. The van der Waals surface area contributed by atoms with Crippen molar-refractivity contribution in [3.05, 3.63) is 23.8 Å². The van der Waals surface area contributed by atoms with Crippen molar-refractivity contribution in [2.24, 2.45) is 0 Å². The van der Waals surface area contributed by atoms with Crippen LogP contribution >= 0.6 is 11.3 Å². The number of carbonyl (C=O) groups excluding carboxylic acids is 1. The molecule has 0 spiro atoms. The number of thiazole rings is 1.